The van der Waals surface area contributed by atoms with Crippen molar-refractivity contribution in [1.82, 2.24) is 10.2 Å². The summed E-state index contributed by atoms with van der Waals surface area (Å²) in [6.07, 6.45) is 3.51. The fraction of sp³-hybridized carbons (Fsp3) is 0.611. The van der Waals surface area contributed by atoms with Gasteiger partial charge in [0.1, 0.15) is 0 Å². The Morgan fingerprint density at radius 2 is 1.78 bits per heavy atom. The fourth-order valence-electron chi connectivity index (χ4n) is 3.79. The van der Waals surface area contributed by atoms with Crippen LogP contribution in [0, 0.1) is 5.41 Å². The number of hydrogen-bond donors (Lipinski definition) is 1. The summed E-state index contributed by atoms with van der Waals surface area (Å²) < 4.78 is 0. The number of amides is 1. The third kappa shape index (κ3) is 3.67. The van der Waals surface area contributed by atoms with Crippen LogP contribution in [0.5, 0.6) is 0 Å². The molecule has 0 saturated carbocycles. The predicted molar refractivity (Wildman–Crippen MR) is 97.5 cm³/mol. The summed E-state index contributed by atoms with van der Waals surface area (Å²) in [6.45, 7) is 8.05. The van der Waals surface area contributed by atoms with Crippen molar-refractivity contribution in [3.63, 3.8) is 0 Å². The van der Waals surface area contributed by atoms with Crippen molar-refractivity contribution in [2.75, 3.05) is 26.2 Å². The molecule has 0 unspecified atom stereocenters. The monoisotopic (exact) mass is 356 g/mol. The van der Waals surface area contributed by atoms with E-state index in [9.17, 15) is 4.79 Å². The first-order valence-electron chi connectivity index (χ1n) is 8.19. The Hall–Kier alpha value is -0.770. The zero-order valence-corrected chi connectivity index (χ0v) is 15.5. The number of carbonyl (C=O) groups is 1. The Labute approximate surface area is 150 Å². The van der Waals surface area contributed by atoms with Crippen molar-refractivity contribution in [3.8, 4) is 0 Å². The first kappa shape index (κ1) is 18.6. The molecule has 0 aromatic heterocycles. The van der Waals surface area contributed by atoms with Gasteiger partial charge in [0.25, 0.3) is 0 Å². The van der Waals surface area contributed by atoms with Crippen molar-refractivity contribution in [1.29, 1.82) is 0 Å². The number of carbonyl (C=O) groups excluding carboxylic acids is 1. The molecule has 0 atom stereocenters. The molecule has 0 aliphatic carbocycles. The summed E-state index contributed by atoms with van der Waals surface area (Å²) >= 11 is 5.96. The van der Waals surface area contributed by atoms with Gasteiger partial charge in [-0.25, -0.2) is 0 Å². The number of halogens is 2. The van der Waals surface area contributed by atoms with E-state index in [1.165, 1.54) is 6.42 Å². The summed E-state index contributed by atoms with van der Waals surface area (Å²) in [7, 11) is 0. The Morgan fingerprint density at radius 3 is 2.30 bits per heavy atom. The van der Waals surface area contributed by atoms with Crippen LogP contribution in [0.4, 0.5) is 0 Å². The van der Waals surface area contributed by atoms with Gasteiger partial charge in [-0.15, -0.1) is 12.4 Å². The Bertz CT molecular complexity index is 541. The molecule has 1 amide bonds. The SMILES string of the molecule is CC(C)(C(=O)N1CCC2(CCNC2)CC1)c1ccc(Cl)cc1.Cl. The number of likely N-dealkylation sites (tertiary alicyclic amines) is 1. The molecule has 2 heterocycles. The van der Waals surface area contributed by atoms with Crippen LogP contribution >= 0.6 is 24.0 Å². The summed E-state index contributed by atoms with van der Waals surface area (Å²) in [5.41, 5.74) is 0.981. The lowest BCUT2D eigenvalue weighted by atomic mass is 9.76. The molecule has 0 radical (unpaired) electrons. The number of hydrogen-bond acceptors (Lipinski definition) is 2. The molecule has 1 spiro atoms. The fourth-order valence-corrected chi connectivity index (χ4v) is 3.92. The maximum Gasteiger partial charge on any atom is 0.232 e. The highest BCUT2D eigenvalue weighted by atomic mass is 35.5. The molecule has 5 heteroatoms. The van der Waals surface area contributed by atoms with E-state index in [-0.39, 0.29) is 18.3 Å². The van der Waals surface area contributed by atoms with Gasteiger partial charge in [-0.2, -0.15) is 0 Å². The molecule has 0 bridgehead atoms. The standard InChI is InChI=1S/C18H25ClN2O.ClH/c1-17(2,14-3-5-15(19)6-4-14)16(22)21-11-8-18(9-12-21)7-10-20-13-18;/h3-6,20H,7-13H2,1-2H3;1H. The predicted octanol–water partition coefficient (Wildman–Crippen LogP) is 3.64. The molecule has 2 aliphatic heterocycles. The Morgan fingerprint density at radius 1 is 1.17 bits per heavy atom. The minimum absolute atomic E-state index is 0. The van der Waals surface area contributed by atoms with E-state index in [2.05, 4.69) is 10.2 Å². The van der Waals surface area contributed by atoms with E-state index in [1.807, 2.05) is 38.1 Å². The lowest BCUT2D eigenvalue weighted by Crippen LogP contribution is -2.49. The molecule has 1 aromatic rings. The number of benzene rings is 1. The lowest BCUT2D eigenvalue weighted by Gasteiger charge is -2.41. The smallest absolute Gasteiger partial charge is 0.232 e. The number of rotatable bonds is 2. The quantitative estimate of drug-likeness (QED) is 0.877. The van der Waals surface area contributed by atoms with Crippen molar-refractivity contribution in [3.05, 3.63) is 34.9 Å². The highest BCUT2D eigenvalue weighted by Crippen LogP contribution is 2.38. The van der Waals surface area contributed by atoms with E-state index in [0.29, 0.717) is 10.4 Å². The van der Waals surface area contributed by atoms with Gasteiger partial charge in [-0.05, 0) is 62.8 Å². The molecule has 1 aromatic carbocycles. The third-order valence-corrected chi connectivity index (χ3v) is 5.80. The van der Waals surface area contributed by atoms with Gasteiger partial charge in [0.2, 0.25) is 5.91 Å². The molecule has 2 aliphatic rings. The van der Waals surface area contributed by atoms with Gasteiger partial charge in [-0.3, -0.25) is 4.79 Å². The highest BCUT2D eigenvalue weighted by Gasteiger charge is 2.41. The van der Waals surface area contributed by atoms with Crippen LogP contribution in [0.3, 0.4) is 0 Å². The summed E-state index contributed by atoms with van der Waals surface area (Å²) in [6, 6.07) is 7.65. The van der Waals surface area contributed by atoms with E-state index >= 15 is 0 Å². The summed E-state index contributed by atoms with van der Waals surface area (Å²) in [5, 5.41) is 4.18. The van der Waals surface area contributed by atoms with Crippen LogP contribution in [-0.4, -0.2) is 37.0 Å². The van der Waals surface area contributed by atoms with E-state index in [0.717, 1.165) is 44.6 Å². The number of piperidine rings is 1. The van der Waals surface area contributed by atoms with Crippen molar-refractivity contribution in [2.24, 2.45) is 5.41 Å². The highest BCUT2D eigenvalue weighted by molar-refractivity contribution is 6.30. The van der Waals surface area contributed by atoms with E-state index in [4.69, 9.17) is 11.6 Å². The van der Waals surface area contributed by atoms with E-state index < -0.39 is 5.41 Å². The zero-order chi connectivity index (χ0) is 15.8. The first-order chi connectivity index (χ1) is 10.4. The molecule has 2 fully saturated rings. The largest absolute Gasteiger partial charge is 0.342 e. The average molecular weight is 357 g/mol. The van der Waals surface area contributed by atoms with Crippen molar-refractivity contribution < 1.29 is 4.79 Å². The molecule has 23 heavy (non-hydrogen) atoms. The first-order valence-corrected chi connectivity index (χ1v) is 8.57. The minimum atomic E-state index is -0.497. The molecule has 3 rings (SSSR count). The second-order valence-corrected chi connectivity index (χ2v) is 7.79. The molecule has 2 saturated heterocycles. The summed E-state index contributed by atoms with van der Waals surface area (Å²) in [5.74, 6) is 0.232. The summed E-state index contributed by atoms with van der Waals surface area (Å²) in [4.78, 5) is 15.0. The number of nitrogens with zero attached hydrogens (tertiary/aromatic N) is 1. The second-order valence-electron chi connectivity index (χ2n) is 7.35. The Kier molecular flexibility index (Phi) is 5.65. The van der Waals surface area contributed by atoms with Crippen LogP contribution in [0.2, 0.25) is 5.02 Å². The van der Waals surface area contributed by atoms with Crippen molar-refractivity contribution in [2.45, 2.75) is 38.5 Å². The topological polar surface area (TPSA) is 32.3 Å². The van der Waals surface area contributed by atoms with Crippen LogP contribution in [-0.2, 0) is 10.2 Å². The van der Waals surface area contributed by atoms with Crippen LogP contribution in [0.15, 0.2) is 24.3 Å². The lowest BCUT2D eigenvalue weighted by molar-refractivity contribution is -0.138. The molecule has 3 nitrogen and oxygen atoms in total. The molecule has 1 N–H and O–H groups in total. The van der Waals surface area contributed by atoms with Gasteiger partial charge < -0.3 is 10.2 Å². The Balaban J connectivity index is 0.00000192. The zero-order valence-electron chi connectivity index (χ0n) is 13.9. The molecule has 128 valence electrons. The van der Waals surface area contributed by atoms with Crippen LogP contribution in [0.25, 0.3) is 0 Å². The van der Waals surface area contributed by atoms with Crippen LogP contribution in [0.1, 0.15) is 38.7 Å². The van der Waals surface area contributed by atoms with Gasteiger partial charge in [-0.1, -0.05) is 23.7 Å². The average Bonchev–Trinajstić information content (AvgIpc) is 2.96. The molecular weight excluding hydrogens is 331 g/mol. The van der Waals surface area contributed by atoms with Gasteiger partial charge in [0.15, 0.2) is 0 Å². The molecular formula is C18H26Cl2N2O. The van der Waals surface area contributed by atoms with Gasteiger partial charge in [0.05, 0.1) is 5.41 Å². The second kappa shape index (κ2) is 7.00. The normalized spacial score (nSPS) is 20.4. The number of nitrogens with one attached hydrogen (secondary N) is 1. The maximum absolute atomic E-state index is 13.0. The third-order valence-electron chi connectivity index (χ3n) is 5.54. The maximum atomic E-state index is 13.0. The minimum Gasteiger partial charge on any atom is -0.342 e. The van der Waals surface area contributed by atoms with Crippen LogP contribution < -0.4 is 5.32 Å². The van der Waals surface area contributed by atoms with Crippen molar-refractivity contribution >= 4 is 29.9 Å². The van der Waals surface area contributed by atoms with Gasteiger partial charge >= 0.3 is 0 Å². The van der Waals surface area contributed by atoms with E-state index in [1.54, 1.807) is 0 Å². The van der Waals surface area contributed by atoms with Gasteiger partial charge in [0, 0.05) is 24.7 Å².